The Hall–Kier alpha value is -3.13. The first kappa shape index (κ1) is 18.2. The average molecular weight is 395 g/mol. The first-order chi connectivity index (χ1) is 13.4. The molecule has 4 aromatic rings. The molecule has 144 valence electrons. The van der Waals surface area contributed by atoms with Crippen LogP contribution in [-0.2, 0) is 12.0 Å². The number of imidazole rings is 1. The van der Waals surface area contributed by atoms with Gasteiger partial charge in [-0.3, -0.25) is 4.79 Å². The van der Waals surface area contributed by atoms with Crippen LogP contribution in [0.4, 0.5) is 10.8 Å². The van der Waals surface area contributed by atoms with E-state index in [2.05, 4.69) is 41.5 Å². The second-order valence-corrected chi connectivity index (χ2v) is 8.45. The van der Waals surface area contributed by atoms with Crippen molar-refractivity contribution in [2.75, 3.05) is 10.6 Å². The number of carbonyl (C=O) groups is 1. The van der Waals surface area contributed by atoms with Gasteiger partial charge in [-0.1, -0.05) is 44.2 Å². The maximum atomic E-state index is 12.0. The highest BCUT2D eigenvalue weighted by Gasteiger charge is 2.19. The fraction of sp³-hybridized carbons (Fsp3) is 0.250. The van der Waals surface area contributed by atoms with E-state index in [-0.39, 0.29) is 17.1 Å². The number of nitrogens with zero attached hydrogens (tertiary/aromatic N) is 3. The first-order valence-electron chi connectivity index (χ1n) is 8.93. The van der Waals surface area contributed by atoms with Gasteiger partial charge in [-0.15, -0.1) is 5.10 Å². The lowest BCUT2D eigenvalue weighted by atomic mass is 9.93. The molecule has 3 aromatic heterocycles. The zero-order valence-corrected chi connectivity index (χ0v) is 16.7. The summed E-state index contributed by atoms with van der Waals surface area (Å²) in [5.74, 6) is 0.0192. The molecule has 0 bridgehead atoms. The Bertz CT molecular complexity index is 1060. The number of aromatic nitrogens is 3. The number of rotatable bonds is 5. The summed E-state index contributed by atoms with van der Waals surface area (Å²) < 4.78 is 6.91. The molecule has 1 amide bonds. The second kappa shape index (κ2) is 7.12. The third kappa shape index (κ3) is 3.91. The van der Waals surface area contributed by atoms with E-state index in [1.807, 2.05) is 35.0 Å². The number of carbonyl (C=O) groups excluding carboxylic acids is 1. The zero-order chi connectivity index (χ0) is 19.7. The molecular weight excluding hydrogens is 374 g/mol. The largest absolute Gasteiger partial charge is 0.459 e. The van der Waals surface area contributed by atoms with Crippen LogP contribution < -0.4 is 10.6 Å². The Morgan fingerprint density at radius 1 is 1.21 bits per heavy atom. The first-order valence-corrected chi connectivity index (χ1v) is 9.74. The summed E-state index contributed by atoms with van der Waals surface area (Å²) in [5, 5.41) is 11.5. The number of furan rings is 1. The molecule has 0 radical (unpaired) electrons. The van der Waals surface area contributed by atoms with Gasteiger partial charge in [0.1, 0.15) is 0 Å². The van der Waals surface area contributed by atoms with Gasteiger partial charge >= 0.3 is 0 Å². The molecule has 0 aliphatic carbocycles. The molecule has 0 saturated carbocycles. The lowest BCUT2D eigenvalue weighted by Gasteiger charge is -2.13. The molecule has 28 heavy (non-hydrogen) atoms. The van der Waals surface area contributed by atoms with Gasteiger partial charge in [-0.2, -0.15) is 0 Å². The fourth-order valence-electron chi connectivity index (χ4n) is 2.62. The topological polar surface area (TPSA) is 84.5 Å². The van der Waals surface area contributed by atoms with E-state index < -0.39 is 0 Å². The highest BCUT2D eigenvalue weighted by molar-refractivity contribution is 7.20. The van der Waals surface area contributed by atoms with Crippen LogP contribution in [0, 0.1) is 0 Å². The quantitative estimate of drug-likeness (QED) is 0.518. The Balaban J connectivity index is 1.36. The molecule has 2 N–H and O–H groups in total. The van der Waals surface area contributed by atoms with E-state index in [4.69, 9.17) is 4.42 Å². The lowest BCUT2D eigenvalue weighted by Crippen LogP contribution is -2.11. The predicted molar refractivity (Wildman–Crippen MR) is 110 cm³/mol. The molecule has 4 rings (SSSR count). The molecule has 0 unspecified atom stereocenters. The maximum Gasteiger partial charge on any atom is 0.291 e. The van der Waals surface area contributed by atoms with E-state index in [1.165, 1.54) is 17.6 Å². The van der Waals surface area contributed by atoms with Crippen LogP contribution in [0.3, 0.4) is 0 Å². The second-order valence-electron chi connectivity index (χ2n) is 7.49. The lowest BCUT2D eigenvalue weighted by molar-refractivity contribution is 0.0996. The highest BCUT2D eigenvalue weighted by atomic mass is 32.1. The monoisotopic (exact) mass is 395 g/mol. The van der Waals surface area contributed by atoms with Gasteiger partial charge in [0.25, 0.3) is 5.91 Å². The van der Waals surface area contributed by atoms with Gasteiger partial charge in [0, 0.05) is 17.6 Å². The van der Waals surface area contributed by atoms with E-state index in [0.29, 0.717) is 12.2 Å². The van der Waals surface area contributed by atoms with Crippen molar-refractivity contribution in [3.05, 3.63) is 65.9 Å². The van der Waals surface area contributed by atoms with Crippen LogP contribution in [-0.4, -0.2) is 20.5 Å². The number of anilines is 2. The van der Waals surface area contributed by atoms with Crippen LogP contribution in [0.15, 0.2) is 53.3 Å². The molecule has 0 spiro atoms. The minimum Gasteiger partial charge on any atom is -0.459 e. The molecule has 1 aromatic carbocycles. The number of benzene rings is 1. The molecular formula is C20H21N5O2S. The number of nitrogens with one attached hydrogen (secondary N) is 2. The molecule has 7 nitrogen and oxygen atoms in total. The maximum absolute atomic E-state index is 12.0. The number of hydrogen-bond donors (Lipinski definition) is 2. The van der Waals surface area contributed by atoms with Gasteiger partial charge in [0.15, 0.2) is 5.76 Å². The molecule has 8 heteroatoms. The summed E-state index contributed by atoms with van der Waals surface area (Å²) >= 11 is 1.53. The standard InChI is InChI=1S/C20H21N5O2S/c1-20(2,3)16-12-25-19(23-16)28-18(24-25)21-11-13-6-8-14(9-7-13)22-17(26)15-5-4-10-27-15/h4-10,12H,11H2,1-3H3,(H,21,24)(H,22,26). The highest BCUT2D eigenvalue weighted by Crippen LogP contribution is 2.26. The van der Waals surface area contributed by atoms with Crippen LogP contribution in [0.25, 0.3) is 4.96 Å². The van der Waals surface area contributed by atoms with E-state index in [1.54, 1.807) is 12.1 Å². The van der Waals surface area contributed by atoms with Gasteiger partial charge in [-0.05, 0) is 29.8 Å². The summed E-state index contributed by atoms with van der Waals surface area (Å²) in [6.45, 7) is 7.05. The zero-order valence-electron chi connectivity index (χ0n) is 15.9. The number of hydrogen-bond acceptors (Lipinski definition) is 6. The molecule has 0 saturated heterocycles. The minimum atomic E-state index is -0.267. The smallest absolute Gasteiger partial charge is 0.291 e. The van der Waals surface area contributed by atoms with Gasteiger partial charge in [-0.25, -0.2) is 9.50 Å². The van der Waals surface area contributed by atoms with Crippen LogP contribution in [0.5, 0.6) is 0 Å². The fourth-order valence-corrected chi connectivity index (χ4v) is 3.39. The van der Waals surface area contributed by atoms with Crippen molar-refractivity contribution >= 4 is 33.0 Å². The Kier molecular flexibility index (Phi) is 4.64. The van der Waals surface area contributed by atoms with E-state index >= 15 is 0 Å². The summed E-state index contributed by atoms with van der Waals surface area (Å²) in [5.41, 5.74) is 2.84. The van der Waals surface area contributed by atoms with Crippen LogP contribution >= 0.6 is 11.3 Å². The average Bonchev–Trinajstić information content (AvgIpc) is 3.36. The van der Waals surface area contributed by atoms with Gasteiger partial charge in [0.2, 0.25) is 10.1 Å². The molecule has 0 aliphatic heterocycles. The minimum absolute atomic E-state index is 0.00904. The SMILES string of the molecule is CC(C)(C)c1cn2nc(NCc3ccc(NC(=O)c4ccco4)cc3)sc2n1. The van der Waals surface area contributed by atoms with E-state index in [9.17, 15) is 4.79 Å². The van der Waals surface area contributed by atoms with Crippen LogP contribution in [0.2, 0.25) is 0 Å². The molecule has 0 aliphatic rings. The molecule has 0 atom stereocenters. The van der Waals surface area contributed by atoms with Crippen molar-refractivity contribution in [3.8, 4) is 0 Å². The van der Waals surface area contributed by atoms with Crippen molar-refractivity contribution in [3.63, 3.8) is 0 Å². The van der Waals surface area contributed by atoms with Crippen molar-refractivity contribution < 1.29 is 9.21 Å². The third-order valence-electron chi connectivity index (χ3n) is 4.21. The van der Waals surface area contributed by atoms with Crippen LogP contribution in [0.1, 0.15) is 42.6 Å². The summed E-state index contributed by atoms with van der Waals surface area (Å²) in [7, 11) is 0. The third-order valence-corrected chi connectivity index (χ3v) is 5.09. The summed E-state index contributed by atoms with van der Waals surface area (Å²) in [6.07, 6.45) is 3.46. The molecule has 0 fully saturated rings. The number of fused-ring (bicyclic) bond motifs is 1. The van der Waals surface area contributed by atoms with Crippen molar-refractivity contribution in [1.82, 2.24) is 14.6 Å². The van der Waals surface area contributed by atoms with E-state index in [0.717, 1.165) is 21.3 Å². The Morgan fingerprint density at radius 3 is 2.64 bits per heavy atom. The van der Waals surface area contributed by atoms with Crippen molar-refractivity contribution in [2.24, 2.45) is 0 Å². The predicted octanol–water partition coefficient (Wildman–Crippen LogP) is 4.55. The Morgan fingerprint density at radius 2 is 2.00 bits per heavy atom. The summed E-state index contributed by atoms with van der Waals surface area (Å²) in [6, 6.07) is 11.0. The normalized spacial score (nSPS) is 11.7. The number of amides is 1. The van der Waals surface area contributed by atoms with Gasteiger partial charge in [0.05, 0.1) is 18.2 Å². The van der Waals surface area contributed by atoms with Crippen molar-refractivity contribution in [1.29, 1.82) is 0 Å². The van der Waals surface area contributed by atoms with Crippen molar-refractivity contribution in [2.45, 2.75) is 32.7 Å². The molecule has 3 heterocycles. The summed E-state index contributed by atoms with van der Waals surface area (Å²) in [4.78, 5) is 17.5. The Labute approximate surface area is 166 Å². The van der Waals surface area contributed by atoms with Gasteiger partial charge < -0.3 is 15.1 Å².